The molecule has 10 nitrogen and oxygen atoms in total. The zero-order chi connectivity index (χ0) is 20.4. The number of fused-ring (bicyclic) bond motifs is 1. The monoisotopic (exact) mass is 384 g/mol. The van der Waals surface area contributed by atoms with Crippen LogP contribution < -0.4 is 11.5 Å². The molecule has 0 fully saturated rings. The highest BCUT2D eigenvalue weighted by molar-refractivity contribution is 5.84. The van der Waals surface area contributed by atoms with Gasteiger partial charge in [0.05, 0.1) is 21.1 Å². The molecule has 3 rings (SSSR count). The van der Waals surface area contributed by atoms with Gasteiger partial charge >= 0.3 is 6.18 Å². The summed E-state index contributed by atoms with van der Waals surface area (Å²) < 4.78 is 36.9. The summed E-state index contributed by atoms with van der Waals surface area (Å²) in [5.74, 6) is -1.24. The zero-order valence-electron chi connectivity index (χ0n) is 13.2. The van der Waals surface area contributed by atoms with E-state index in [2.05, 4.69) is 4.98 Å². The van der Waals surface area contributed by atoms with Gasteiger partial charge in [-0.25, -0.2) is 4.98 Å². The van der Waals surface area contributed by atoms with Crippen LogP contribution in [0.1, 0.15) is 5.82 Å². The van der Waals surface area contributed by atoms with Crippen LogP contribution in [0.4, 0.5) is 35.9 Å². The van der Waals surface area contributed by atoms with Crippen molar-refractivity contribution in [3.05, 3.63) is 62.5 Å². The van der Waals surface area contributed by atoms with Gasteiger partial charge in [-0.05, 0) is 12.1 Å². The molecule has 0 saturated carbocycles. The van der Waals surface area contributed by atoms with Crippen molar-refractivity contribution in [2.24, 2.45) is 0 Å². The van der Waals surface area contributed by atoms with Crippen molar-refractivity contribution in [1.29, 1.82) is 0 Å². The van der Waals surface area contributed by atoms with Crippen molar-refractivity contribution in [2.45, 2.75) is 6.18 Å². The molecule has 2 aromatic carbocycles. The number of hydrogen-bond acceptors (Lipinski definition) is 7. The van der Waals surface area contributed by atoms with E-state index in [1.54, 1.807) is 0 Å². The average Bonchev–Trinajstić information content (AvgIpc) is 3.02. The number of hydrogen-bond donors (Lipinski definition) is 3. The van der Waals surface area contributed by atoms with Crippen LogP contribution in [0, 0.1) is 20.2 Å². The van der Waals surface area contributed by atoms with Crippen molar-refractivity contribution in [2.75, 3.05) is 11.5 Å². The van der Waals surface area contributed by atoms with Crippen LogP contribution in [0.5, 0.6) is 0 Å². The van der Waals surface area contributed by atoms with Gasteiger partial charge in [0.2, 0.25) is 5.82 Å². The molecule has 13 heteroatoms. The molecule has 142 valence electrons. The molecule has 0 amide bonds. The van der Waals surface area contributed by atoms with E-state index < -0.39 is 27.5 Å². The lowest BCUT2D eigenvalue weighted by Crippen LogP contribution is -2.06. The van der Waals surface area contributed by atoms with Gasteiger partial charge < -0.3 is 16.5 Å². The van der Waals surface area contributed by atoms with Crippen molar-refractivity contribution in [3.8, 4) is 0 Å². The molecule has 3 aromatic rings. The fraction of sp³-hybridized carbons (Fsp3) is 0.0714. The second-order valence-electron chi connectivity index (χ2n) is 5.05. The Kier molecular flexibility index (Phi) is 5.14. The molecular formula is C14H11F3N6O4. The maximum atomic E-state index is 12.3. The molecule has 1 heterocycles. The topological polar surface area (TPSA) is 167 Å². The van der Waals surface area contributed by atoms with E-state index in [0.29, 0.717) is 0 Å². The van der Waals surface area contributed by atoms with E-state index in [4.69, 9.17) is 11.5 Å². The number of halogens is 3. The Bertz CT molecular complexity index is 1020. The highest BCUT2D eigenvalue weighted by Crippen LogP contribution is 2.31. The minimum atomic E-state index is -4.65. The molecule has 0 aliphatic rings. The summed E-state index contributed by atoms with van der Waals surface area (Å²) in [6.45, 7) is 0. The maximum absolute atomic E-state index is 12.3. The number of H-pyrrole nitrogens is 1. The van der Waals surface area contributed by atoms with Crippen LogP contribution >= 0.6 is 0 Å². The van der Waals surface area contributed by atoms with E-state index >= 15 is 0 Å². The average molecular weight is 384 g/mol. The number of para-hydroxylation sites is 2. The van der Waals surface area contributed by atoms with E-state index in [0.717, 1.165) is 6.07 Å². The first-order valence-electron chi connectivity index (χ1n) is 7.01. The lowest BCUT2D eigenvalue weighted by atomic mass is 10.2. The highest BCUT2D eigenvalue weighted by Gasteiger charge is 2.35. The molecule has 0 bridgehead atoms. The van der Waals surface area contributed by atoms with Gasteiger partial charge in [-0.3, -0.25) is 20.2 Å². The first-order chi connectivity index (χ1) is 12.5. The summed E-state index contributed by atoms with van der Waals surface area (Å²) in [5, 5.41) is 20.8. The number of nitrogens with one attached hydrogen (secondary N) is 1. The number of aromatic nitrogens is 2. The predicted molar refractivity (Wildman–Crippen MR) is 89.7 cm³/mol. The summed E-state index contributed by atoms with van der Waals surface area (Å²) in [6, 6.07) is 8.00. The highest BCUT2D eigenvalue weighted by atomic mass is 19.4. The quantitative estimate of drug-likeness (QED) is 0.346. The smallest absolute Gasteiger partial charge is 0.397 e. The molecular weight excluding hydrogens is 373 g/mol. The standard InChI is InChI=1S/C8H4F3N3O2.C6H7N3O2/c9-8(10,11)7-12-4-2-1-3-5(14(15)16)6(4)13-7;7-4-2-1-3-5(6(4)8)9(10)11/h1-3H,(H,12,13);1-3H,7-8H2. The number of aromatic amines is 1. The van der Waals surface area contributed by atoms with Gasteiger partial charge in [0.15, 0.2) is 5.52 Å². The second-order valence-corrected chi connectivity index (χ2v) is 5.05. The molecule has 0 saturated heterocycles. The van der Waals surface area contributed by atoms with Crippen molar-refractivity contribution >= 4 is 33.8 Å². The van der Waals surface area contributed by atoms with Crippen LogP contribution in [0.15, 0.2) is 36.4 Å². The Morgan fingerprint density at radius 1 is 0.963 bits per heavy atom. The van der Waals surface area contributed by atoms with E-state index in [-0.39, 0.29) is 28.1 Å². The number of imidazole rings is 1. The molecule has 27 heavy (non-hydrogen) atoms. The molecule has 1 aromatic heterocycles. The van der Waals surface area contributed by atoms with E-state index in [1.807, 2.05) is 4.98 Å². The molecule has 0 atom stereocenters. The minimum absolute atomic E-state index is 0.0125. The van der Waals surface area contributed by atoms with Gasteiger partial charge in [-0.15, -0.1) is 0 Å². The van der Waals surface area contributed by atoms with Crippen LogP contribution in [0.3, 0.4) is 0 Å². The number of rotatable bonds is 2. The lowest BCUT2D eigenvalue weighted by Gasteiger charge is -1.98. The second kappa shape index (κ2) is 7.15. The van der Waals surface area contributed by atoms with Crippen molar-refractivity contribution in [1.82, 2.24) is 9.97 Å². The maximum Gasteiger partial charge on any atom is 0.449 e. The predicted octanol–water partition coefficient (Wildman–Crippen LogP) is 3.25. The van der Waals surface area contributed by atoms with Crippen molar-refractivity contribution < 1.29 is 23.0 Å². The fourth-order valence-corrected chi connectivity index (χ4v) is 2.03. The minimum Gasteiger partial charge on any atom is -0.397 e. The van der Waals surface area contributed by atoms with Gasteiger partial charge in [0.25, 0.3) is 11.4 Å². The lowest BCUT2D eigenvalue weighted by molar-refractivity contribution is -0.383. The summed E-state index contributed by atoms with van der Waals surface area (Å²) in [5.41, 5.74) is 10.00. The summed E-state index contributed by atoms with van der Waals surface area (Å²) in [4.78, 5) is 24.6. The van der Waals surface area contributed by atoms with Crippen LogP contribution in [-0.4, -0.2) is 19.8 Å². The number of anilines is 2. The van der Waals surface area contributed by atoms with Crippen LogP contribution in [0.2, 0.25) is 0 Å². The van der Waals surface area contributed by atoms with E-state index in [1.165, 1.54) is 30.3 Å². The third-order valence-electron chi connectivity index (χ3n) is 3.27. The number of nitro benzene ring substituents is 2. The largest absolute Gasteiger partial charge is 0.449 e. The Hall–Kier alpha value is -3.90. The first-order valence-corrected chi connectivity index (χ1v) is 7.01. The number of nitrogens with two attached hydrogens (primary N) is 2. The Labute approximate surface area is 147 Å². The summed E-state index contributed by atoms with van der Waals surface area (Å²) in [7, 11) is 0. The molecule has 5 N–H and O–H groups in total. The number of alkyl halides is 3. The molecule has 0 unspecified atom stereocenters. The number of benzene rings is 2. The van der Waals surface area contributed by atoms with Crippen LogP contribution in [0.25, 0.3) is 11.0 Å². The number of non-ortho nitro benzene ring substituents is 1. The normalized spacial score (nSPS) is 10.9. The fourth-order valence-electron chi connectivity index (χ4n) is 2.03. The number of nitro groups is 2. The third kappa shape index (κ3) is 4.20. The third-order valence-corrected chi connectivity index (χ3v) is 3.27. The van der Waals surface area contributed by atoms with E-state index in [9.17, 15) is 33.4 Å². The molecule has 0 radical (unpaired) electrons. The first kappa shape index (κ1) is 19.4. The molecule has 0 spiro atoms. The van der Waals surface area contributed by atoms with Crippen LogP contribution in [-0.2, 0) is 6.18 Å². The summed E-state index contributed by atoms with van der Waals surface area (Å²) >= 11 is 0. The Morgan fingerprint density at radius 2 is 1.52 bits per heavy atom. The SMILES string of the molecule is Nc1cccc([N+](=O)[O-])c1N.O=[N+]([O-])c1cccc2[nH]c(C(F)(F)F)nc12. The van der Waals surface area contributed by atoms with Gasteiger partial charge in [-0.1, -0.05) is 12.1 Å². The Morgan fingerprint density at radius 3 is 2.04 bits per heavy atom. The molecule has 0 aliphatic heterocycles. The number of nitrogens with zero attached hydrogens (tertiary/aromatic N) is 3. The number of nitrogen functional groups attached to an aromatic ring is 2. The van der Waals surface area contributed by atoms with Gasteiger partial charge in [0.1, 0.15) is 5.69 Å². The summed E-state index contributed by atoms with van der Waals surface area (Å²) in [6.07, 6.45) is -4.65. The molecule has 0 aliphatic carbocycles. The van der Waals surface area contributed by atoms with Gasteiger partial charge in [-0.2, -0.15) is 13.2 Å². The zero-order valence-corrected chi connectivity index (χ0v) is 13.2. The van der Waals surface area contributed by atoms with Gasteiger partial charge in [0, 0.05) is 12.1 Å². The van der Waals surface area contributed by atoms with Crippen molar-refractivity contribution in [3.63, 3.8) is 0 Å². The Balaban J connectivity index is 0.000000208.